The molecule has 1 aliphatic rings. The van der Waals surface area contributed by atoms with Crippen molar-refractivity contribution < 1.29 is 18.4 Å². The Morgan fingerprint density at radius 2 is 2.00 bits per heavy atom. The molecule has 0 radical (unpaired) electrons. The van der Waals surface area contributed by atoms with Crippen molar-refractivity contribution in [3.8, 4) is 0 Å². The van der Waals surface area contributed by atoms with Gasteiger partial charge in [0, 0.05) is 23.2 Å². The van der Waals surface area contributed by atoms with Crippen LogP contribution in [0, 0.1) is 18.6 Å². The molecule has 0 aromatic heterocycles. The van der Waals surface area contributed by atoms with Gasteiger partial charge in [-0.15, -0.1) is 0 Å². The third-order valence-electron chi connectivity index (χ3n) is 4.15. The van der Waals surface area contributed by atoms with E-state index in [-0.39, 0.29) is 24.6 Å². The van der Waals surface area contributed by atoms with E-state index in [1.54, 1.807) is 25.1 Å². The first-order valence-electron chi connectivity index (χ1n) is 7.71. The molecule has 0 fully saturated rings. The van der Waals surface area contributed by atoms with E-state index in [4.69, 9.17) is 0 Å². The molecular weight excluding hydrogens is 326 g/mol. The second-order valence-corrected chi connectivity index (χ2v) is 5.82. The van der Waals surface area contributed by atoms with E-state index in [1.807, 2.05) is 0 Å². The van der Waals surface area contributed by atoms with Crippen LogP contribution in [-0.2, 0) is 17.9 Å². The minimum atomic E-state index is -0.721. The molecule has 0 unspecified atom stereocenters. The second-order valence-electron chi connectivity index (χ2n) is 5.82. The molecule has 1 heterocycles. The van der Waals surface area contributed by atoms with Gasteiger partial charge in [-0.05, 0) is 42.8 Å². The van der Waals surface area contributed by atoms with Crippen molar-refractivity contribution >= 4 is 17.5 Å². The van der Waals surface area contributed by atoms with Gasteiger partial charge in [0.15, 0.2) is 0 Å². The van der Waals surface area contributed by atoms with Gasteiger partial charge >= 0.3 is 0 Å². The Morgan fingerprint density at radius 1 is 1.32 bits per heavy atom. The fourth-order valence-corrected chi connectivity index (χ4v) is 2.92. The van der Waals surface area contributed by atoms with Crippen LogP contribution in [0.5, 0.6) is 0 Å². The molecule has 4 nitrogen and oxygen atoms in total. The van der Waals surface area contributed by atoms with Crippen LogP contribution in [0.2, 0.25) is 0 Å². The number of nitrogens with zero attached hydrogens (tertiary/aromatic N) is 1. The molecule has 0 bridgehead atoms. The van der Waals surface area contributed by atoms with Crippen LogP contribution in [0.1, 0.15) is 27.0 Å². The Morgan fingerprint density at radius 3 is 2.64 bits per heavy atom. The van der Waals surface area contributed by atoms with Gasteiger partial charge in [0.25, 0.3) is 11.8 Å². The molecule has 128 valence electrons. The van der Waals surface area contributed by atoms with Gasteiger partial charge < -0.3 is 10.2 Å². The summed E-state index contributed by atoms with van der Waals surface area (Å²) in [6.07, 6.45) is 1.08. The smallest absolute Gasteiger partial charge is 0.251 e. The maximum atomic E-state index is 14.2. The van der Waals surface area contributed by atoms with Crippen molar-refractivity contribution in [2.24, 2.45) is 0 Å². The lowest BCUT2D eigenvalue weighted by Gasteiger charge is -2.24. The lowest BCUT2D eigenvalue weighted by molar-refractivity contribution is -0.114. The molecule has 3 rings (SSSR count). The SMILES string of the molecule is C=CC(=O)N(Cc1c(F)cc(C)cc1F)c1cccc2c1CNC2=O. The molecule has 25 heavy (non-hydrogen) atoms. The quantitative estimate of drug-likeness (QED) is 0.867. The van der Waals surface area contributed by atoms with Gasteiger partial charge in [-0.1, -0.05) is 12.6 Å². The highest BCUT2D eigenvalue weighted by Crippen LogP contribution is 2.30. The van der Waals surface area contributed by atoms with Gasteiger partial charge in [0.1, 0.15) is 11.6 Å². The fourth-order valence-electron chi connectivity index (χ4n) is 2.92. The highest BCUT2D eigenvalue weighted by atomic mass is 19.1. The minimum Gasteiger partial charge on any atom is -0.348 e. The summed E-state index contributed by atoms with van der Waals surface area (Å²) in [7, 11) is 0. The number of aryl methyl sites for hydroxylation is 1. The van der Waals surface area contributed by atoms with Crippen molar-refractivity contribution in [1.29, 1.82) is 0 Å². The summed E-state index contributed by atoms with van der Waals surface area (Å²) in [5, 5.41) is 2.68. The van der Waals surface area contributed by atoms with Crippen LogP contribution >= 0.6 is 0 Å². The number of carbonyl (C=O) groups is 2. The number of hydrogen-bond donors (Lipinski definition) is 1. The highest BCUT2D eigenvalue weighted by molar-refractivity contribution is 6.05. The molecule has 0 saturated heterocycles. The predicted octanol–water partition coefficient (Wildman–Crippen LogP) is 3.24. The van der Waals surface area contributed by atoms with Gasteiger partial charge in [0.2, 0.25) is 0 Å². The molecule has 0 spiro atoms. The summed E-state index contributed by atoms with van der Waals surface area (Å²) in [4.78, 5) is 25.4. The van der Waals surface area contributed by atoms with Gasteiger partial charge in [-0.3, -0.25) is 9.59 Å². The van der Waals surface area contributed by atoms with Crippen molar-refractivity contribution in [3.63, 3.8) is 0 Å². The van der Waals surface area contributed by atoms with E-state index in [0.717, 1.165) is 6.08 Å². The molecule has 6 heteroatoms. The molecule has 2 aromatic rings. The van der Waals surface area contributed by atoms with E-state index in [1.165, 1.54) is 17.0 Å². The maximum Gasteiger partial charge on any atom is 0.251 e. The summed E-state index contributed by atoms with van der Waals surface area (Å²) in [5.74, 6) is -2.19. The van der Waals surface area contributed by atoms with Crippen molar-refractivity contribution in [1.82, 2.24) is 5.32 Å². The first-order chi connectivity index (χ1) is 11.9. The van der Waals surface area contributed by atoms with Crippen LogP contribution in [0.4, 0.5) is 14.5 Å². The number of amides is 2. The molecule has 0 saturated carbocycles. The highest BCUT2D eigenvalue weighted by Gasteiger charge is 2.27. The first kappa shape index (κ1) is 16.8. The van der Waals surface area contributed by atoms with Gasteiger partial charge in [-0.25, -0.2) is 8.78 Å². The van der Waals surface area contributed by atoms with Crippen molar-refractivity contribution in [2.75, 3.05) is 4.90 Å². The third kappa shape index (κ3) is 3.03. The van der Waals surface area contributed by atoms with E-state index in [2.05, 4.69) is 11.9 Å². The zero-order chi connectivity index (χ0) is 18.1. The number of rotatable bonds is 4. The zero-order valence-electron chi connectivity index (χ0n) is 13.6. The maximum absolute atomic E-state index is 14.2. The fraction of sp³-hybridized carbons (Fsp3) is 0.158. The van der Waals surface area contributed by atoms with Crippen molar-refractivity contribution in [3.05, 3.63) is 76.9 Å². The summed E-state index contributed by atoms with van der Waals surface area (Å²) < 4.78 is 28.4. The number of nitrogens with one attached hydrogen (secondary N) is 1. The first-order valence-corrected chi connectivity index (χ1v) is 7.71. The number of benzene rings is 2. The summed E-state index contributed by atoms with van der Waals surface area (Å²) in [5.41, 5.74) is 1.74. The monoisotopic (exact) mass is 342 g/mol. The van der Waals surface area contributed by atoms with Crippen LogP contribution in [0.3, 0.4) is 0 Å². The molecule has 1 aliphatic heterocycles. The Bertz CT molecular complexity index is 870. The van der Waals surface area contributed by atoms with Crippen LogP contribution in [0.15, 0.2) is 43.0 Å². The Hall–Kier alpha value is -3.02. The van der Waals surface area contributed by atoms with E-state index < -0.39 is 17.5 Å². The molecule has 0 atom stereocenters. The topological polar surface area (TPSA) is 49.4 Å². The standard InChI is InChI=1S/C19H16F2N2O2/c1-3-18(24)23(10-14-15(20)7-11(2)8-16(14)21)17-6-4-5-12-13(17)9-22-19(12)25/h3-8H,1,9-10H2,2H3,(H,22,25). The Balaban J connectivity index is 2.08. The summed E-state index contributed by atoms with van der Waals surface area (Å²) in [6, 6.07) is 7.35. The van der Waals surface area contributed by atoms with Crippen LogP contribution < -0.4 is 10.2 Å². The molecule has 0 aliphatic carbocycles. The minimum absolute atomic E-state index is 0.212. The van der Waals surface area contributed by atoms with Crippen LogP contribution in [-0.4, -0.2) is 11.8 Å². The summed E-state index contributed by atoms with van der Waals surface area (Å²) in [6.45, 7) is 5.00. The number of halogens is 2. The third-order valence-corrected chi connectivity index (χ3v) is 4.15. The molecule has 2 amide bonds. The molecule has 1 N–H and O–H groups in total. The van der Waals surface area contributed by atoms with Gasteiger partial charge in [0.05, 0.1) is 12.2 Å². The zero-order valence-corrected chi connectivity index (χ0v) is 13.6. The Labute approximate surface area is 143 Å². The predicted molar refractivity (Wildman–Crippen MR) is 90.1 cm³/mol. The number of anilines is 1. The summed E-state index contributed by atoms with van der Waals surface area (Å²) >= 11 is 0. The average molecular weight is 342 g/mol. The Kier molecular flexibility index (Phi) is 4.35. The van der Waals surface area contributed by atoms with E-state index in [0.29, 0.717) is 22.4 Å². The lowest BCUT2D eigenvalue weighted by atomic mass is 10.1. The largest absolute Gasteiger partial charge is 0.348 e. The van der Waals surface area contributed by atoms with E-state index >= 15 is 0 Å². The number of fused-ring (bicyclic) bond motifs is 1. The number of carbonyl (C=O) groups excluding carboxylic acids is 2. The lowest BCUT2D eigenvalue weighted by Crippen LogP contribution is -2.30. The van der Waals surface area contributed by atoms with E-state index in [9.17, 15) is 18.4 Å². The normalized spacial score (nSPS) is 12.5. The molecular formula is C19H16F2N2O2. The second kappa shape index (κ2) is 6.47. The van der Waals surface area contributed by atoms with Crippen LogP contribution in [0.25, 0.3) is 0 Å². The average Bonchev–Trinajstić information content (AvgIpc) is 2.95. The van der Waals surface area contributed by atoms with Crippen molar-refractivity contribution in [2.45, 2.75) is 20.0 Å². The number of hydrogen-bond acceptors (Lipinski definition) is 2. The van der Waals surface area contributed by atoms with Gasteiger partial charge in [-0.2, -0.15) is 0 Å². The molecule has 2 aromatic carbocycles.